The number of carbonyl (C=O) groups excluding carboxylic acids is 2. The first-order valence-electron chi connectivity index (χ1n) is 11.5. The van der Waals surface area contributed by atoms with Crippen LogP contribution >= 0.6 is 23.4 Å². The number of amides is 2. The predicted octanol–water partition coefficient (Wildman–Crippen LogP) is 6.57. The standard InChI is InChI=1S/C27H23ClF3N3O3S/c1-37-22-11-9-20(10-12-22)32-25(36)23-16-24(35)34(14-13-17-5-7-19(28)8-6-17)26(38-23)33-21-4-2-3-18(15-21)27(29,30)31/h2-12,15,23H,13-14,16H2,1H3,(H,32,36). The maximum atomic E-state index is 13.3. The highest BCUT2D eigenvalue weighted by Gasteiger charge is 2.36. The molecule has 1 saturated heterocycles. The van der Waals surface area contributed by atoms with Crippen molar-refractivity contribution in [2.45, 2.75) is 24.3 Å². The number of nitrogens with zero attached hydrogens (tertiary/aromatic N) is 2. The van der Waals surface area contributed by atoms with Gasteiger partial charge in [0.2, 0.25) is 11.8 Å². The van der Waals surface area contributed by atoms with E-state index in [4.69, 9.17) is 16.3 Å². The van der Waals surface area contributed by atoms with Crippen LogP contribution in [0.5, 0.6) is 5.75 Å². The van der Waals surface area contributed by atoms with Gasteiger partial charge in [-0.25, -0.2) is 4.99 Å². The lowest BCUT2D eigenvalue weighted by atomic mass is 10.1. The molecule has 3 aromatic carbocycles. The average Bonchev–Trinajstić information content (AvgIpc) is 2.89. The number of halogens is 4. The number of aliphatic imine (C=N–C) groups is 1. The SMILES string of the molecule is COc1ccc(NC(=O)C2CC(=O)N(CCc3ccc(Cl)cc3)C(=Nc3cccc(C(F)(F)F)c3)S2)cc1. The number of hydrogen-bond acceptors (Lipinski definition) is 5. The average molecular weight is 562 g/mol. The second-order valence-electron chi connectivity index (χ2n) is 8.39. The highest BCUT2D eigenvalue weighted by Crippen LogP contribution is 2.34. The van der Waals surface area contributed by atoms with Gasteiger partial charge in [-0.1, -0.05) is 41.6 Å². The number of rotatable bonds is 7. The maximum absolute atomic E-state index is 13.3. The number of anilines is 1. The minimum absolute atomic E-state index is 0.0304. The summed E-state index contributed by atoms with van der Waals surface area (Å²) in [6, 6.07) is 18.4. The van der Waals surface area contributed by atoms with E-state index in [1.54, 1.807) is 36.4 Å². The number of alkyl halides is 3. The normalized spacial score (nSPS) is 17.0. The summed E-state index contributed by atoms with van der Waals surface area (Å²) in [7, 11) is 1.53. The molecule has 0 radical (unpaired) electrons. The Labute approximate surface area is 226 Å². The van der Waals surface area contributed by atoms with Gasteiger partial charge in [0.25, 0.3) is 0 Å². The minimum atomic E-state index is -4.54. The Hall–Kier alpha value is -3.50. The molecule has 1 aliphatic heterocycles. The number of benzene rings is 3. The van der Waals surface area contributed by atoms with Crippen molar-refractivity contribution >= 4 is 51.7 Å². The Kier molecular flexibility index (Phi) is 8.63. The summed E-state index contributed by atoms with van der Waals surface area (Å²) in [6.45, 7) is 0.234. The van der Waals surface area contributed by atoms with E-state index < -0.39 is 22.9 Å². The molecule has 0 saturated carbocycles. The number of ether oxygens (including phenoxy) is 1. The summed E-state index contributed by atoms with van der Waals surface area (Å²) in [6.07, 6.45) is -4.16. The molecular formula is C27H23ClF3N3O3S. The van der Waals surface area contributed by atoms with Crippen molar-refractivity contribution in [3.63, 3.8) is 0 Å². The lowest BCUT2D eigenvalue weighted by Crippen LogP contribution is -2.46. The zero-order valence-electron chi connectivity index (χ0n) is 20.2. The number of methoxy groups -OCH3 is 1. The molecule has 1 N–H and O–H groups in total. The second kappa shape index (κ2) is 11.9. The van der Waals surface area contributed by atoms with Crippen molar-refractivity contribution in [2.24, 2.45) is 4.99 Å². The summed E-state index contributed by atoms with van der Waals surface area (Å²) in [5, 5.41) is 2.69. The van der Waals surface area contributed by atoms with Gasteiger partial charge in [0.15, 0.2) is 5.17 Å². The Balaban J connectivity index is 1.58. The van der Waals surface area contributed by atoms with Crippen molar-refractivity contribution in [2.75, 3.05) is 19.0 Å². The van der Waals surface area contributed by atoms with Crippen LogP contribution in [-0.2, 0) is 22.2 Å². The van der Waals surface area contributed by atoms with Gasteiger partial charge in [-0.3, -0.25) is 14.5 Å². The smallest absolute Gasteiger partial charge is 0.416 e. The van der Waals surface area contributed by atoms with Crippen LogP contribution in [0.3, 0.4) is 0 Å². The predicted molar refractivity (Wildman–Crippen MR) is 143 cm³/mol. The summed E-state index contributed by atoms with van der Waals surface area (Å²) < 4.78 is 44.9. The lowest BCUT2D eigenvalue weighted by molar-refractivity contribution is -0.137. The minimum Gasteiger partial charge on any atom is -0.497 e. The first-order chi connectivity index (χ1) is 18.1. The number of nitrogens with one attached hydrogen (secondary N) is 1. The van der Waals surface area contributed by atoms with E-state index >= 15 is 0 Å². The van der Waals surface area contributed by atoms with E-state index in [1.807, 2.05) is 12.1 Å². The fourth-order valence-electron chi connectivity index (χ4n) is 3.71. The Morgan fingerprint density at radius 3 is 2.50 bits per heavy atom. The highest BCUT2D eigenvalue weighted by molar-refractivity contribution is 8.15. The van der Waals surface area contributed by atoms with Crippen molar-refractivity contribution < 1.29 is 27.5 Å². The number of hydrogen-bond donors (Lipinski definition) is 1. The molecule has 11 heteroatoms. The molecule has 0 aromatic heterocycles. The quantitative estimate of drug-likeness (QED) is 0.354. The zero-order valence-corrected chi connectivity index (χ0v) is 21.7. The van der Waals surface area contributed by atoms with Gasteiger partial charge in [-0.05, 0) is 66.6 Å². The molecule has 6 nitrogen and oxygen atoms in total. The van der Waals surface area contributed by atoms with Crippen molar-refractivity contribution in [1.82, 2.24) is 4.90 Å². The van der Waals surface area contributed by atoms with Crippen LogP contribution in [0.1, 0.15) is 17.5 Å². The fraction of sp³-hybridized carbons (Fsp3) is 0.222. The Morgan fingerprint density at radius 2 is 1.84 bits per heavy atom. The highest BCUT2D eigenvalue weighted by atomic mass is 35.5. The van der Waals surface area contributed by atoms with Gasteiger partial charge < -0.3 is 10.1 Å². The van der Waals surface area contributed by atoms with Gasteiger partial charge in [0.1, 0.15) is 11.0 Å². The Bertz CT molecular complexity index is 1330. The van der Waals surface area contributed by atoms with E-state index in [-0.39, 0.29) is 29.7 Å². The molecule has 1 atom stereocenters. The van der Waals surface area contributed by atoms with Gasteiger partial charge in [0, 0.05) is 23.7 Å². The summed E-state index contributed by atoms with van der Waals surface area (Å²) in [4.78, 5) is 32.0. The molecule has 1 aliphatic rings. The van der Waals surface area contributed by atoms with Crippen molar-refractivity contribution in [3.05, 3.63) is 88.9 Å². The van der Waals surface area contributed by atoms with E-state index in [0.717, 1.165) is 29.5 Å². The van der Waals surface area contributed by atoms with Gasteiger partial charge in [-0.2, -0.15) is 13.2 Å². The number of amidine groups is 1. The van der Waals surface area contributed by atoms with Crippen LogP contribution in [0, 0.1) is 0 Å². The fourth-order valence-corrected chi connectivity index (χ4v) is 4.96. The molecule has 0 bridgehead atoms. The topological polar surface area (TPSA) is 71.0 Å². The van der Waals surface area contributed by atoms with Gasteiger partial charge >= 0.3 is 6.18 Å². The molecule has 1 unspecified atom stereocenters. The van der Waals surface area contributed by atoms with Crippen LogP contribution in [0.4, 0.5) is 24.5 Å². The summed E-state index contributed by atoms with van der Waals surface area (Å²) >= 11 is 6.99. The monoisotopic (exact) mass is 561 g/mol. The van der Waals surface area contributed by atoms with Crippen LogP contribution in [-0.4, -0.2) is 40.8 Å². The molecule has 2 amide bonds. The third-order valence-electron chi connectivity index (χ3n) is 5.73. The number of thioether (sulfide) groups is 1. The van der Waals surface area contributed by atoms with Gasteiger partial charge in [-0.15, -0.1) is 0 Å². The molecule has 198 valence electrons. The molecule has 38 heavy (non-hydrogen) atoms. The van der Waals surface area contributed by atoms with E-state index in [9.17, 15) is 22.8 Å². The first-order valence-corrected chi connectivity index (χ1v) is 12.8. The van der Waals surface area contributed by atoms with Crippen LogP contribution in [0.2, 0.25) is 5.02 Å². The van der Waals surface area contributed by atoms with Gasteiger partial charge in [0.05, 0.1) is 18.4 Å². The van der Waals surface area contributed by atoms with Crippen molar-refractivity contribution in [1.29, 1.82) is 0 Å². The van der Waals surface area contributed by atoms with E-state index in [2.05, 4.69) is 10.3 Å². The van der Waals surface area contributed by atoms with E-state index in [1.165, 1.54) is 24.1 Å². The van der Waals surface area contributed by atoms with Crippen molar-refractivity contribution in [3.8, 4) is 5.75 Å². The maximum Gasteiger partial charge on any atom is 0.416 e. The largest absolute Gasteiger partial charge is 0.497 e. The molecule has 3 aromatic rings. The molecule has 1 heterocycles. The van der Waals surface area contributed by atoms with Crippen LogP contribution < -0.4 is 10.1 Å². The Morgan fingerprint density at radius 1 is 1.13 bits per heavy atom. The third kappa shape index (κ3) is 7.08. The molecule has 0 aliphatic carbocycles. The second-order valence-corrected chi connectivity index (χ2v) is 10.00. The van der Waals surface area contributed by atoms with Crippen LogP contribution in [0.25, 0.3) is 0 Å². The third-order valence-corrected chi connectivity index (χ3v) is 7.16. The molecular weight excluding hydrogens is 539 g/mol. The molecule has 4 rings (SSSR count). The number of carbonyl (C=O) groups is 2. The lowest BCUT2D eigenvalue weighted by Gasteiger charge is -2.32. The summed E-state index contributed by atoms with van der Waals surface area (Å²) in [5.41, 5.74) is 0.617. The molecule has 0 spiro atoms. The first kappa shape index (κ1) is 27.5. The summed E-state index contributed by atoms with van der Waals surface area (Å²) in [5.74, 6) is -0.141. The van der Waals surface area contributed by atoms with E-state index in [0.29, 0.717) is 22.9 Å². The van der Waals surface area contributed by atoms with Crippen LogP contribution in [0.15, 0.2) is 77.8 Å². The molecule has 1 fully saturated rings. The zero-order chi connectivity index (χ0) is 27.3.